The van der Waals surface area contributed by atoms with Crippen LogP contribution in [0, 0.1) is 0 Å². The van der Waals surface area contributed by atoms with Gasteiger partial charge in [0.15, 0.2) is 0 Å². The number of esters is 1. The van der Waals surface area contributed by atoms with E-state index in [1.54, 1.807) is 11.3 Å². The maximum Gasteiger partial charge on any atom is 0.310 e. The fourth-order valence-corrected chi connectivity index (χ4v) is 5.04. The Morgan fingerprint density at radius 2 is 1.96 bits per heavy atom. The Bertz CT molecular complexity index is 729. The molecule has 0 bridgehead atoms. The molecule has 2 aromatic rings. The summed E-state index contributed by atoms with van der Waals surface area (Å²) in [7, 11) is 0. The zero-order valence-corrected chi connectivity index (χ0v) is 16.5. The number of thiophene rings is 1. The summed E-state index contributed by atoms with van der Waals surface area (Å²) in [5.74, 6) is -0.0892. The smallest absolute Gasteiger partial charge is 0.310 e. The van der Waals surface area contributed by atoms with Crippen molar-refractivity contribution in [3.05, 3.63) is 35.2 Å². The van der Waals surface area contributed by atoms with Gasteiger partial charge in [-0.05, 0) is 41.7 Å². The van der Waals surface area contributed by atoms with Crippen LogP contribution in [0.3, 0.4) is 0 Å². The fourth-order valence-electron chi connectivity index (χ4n) is 4.08. The van der Waals surface area contributed by atoms with Crippen LogP contribution in [0.25, 0.3) is 10.1 Å². The van der Waals surface area contributed by atoms with Crippen molar-refractivity contribution in [3.8, 4) is 0 Å². The molecule has 6 heteroatoms. The van der Waals surface area contributed by atoms with Gasteiger partial charge in [-0.15, -0.1) is 23.7 Å². The Hall–Kier alpha value is -1.14. The minimum absolute atomic E-state index is 0. The minimum atomic E-state index is -0.0892. The normalized spacial score (nSPS) is 24.2. The first-order chi connectivity index (χ1) is 12.3. The summed E-state index contributed by atoms with van der Waals surface area (Å²) in [6.45, 7) is 3.48. The van der Waals surface area contributed by atoms with Crippen molar-refractivity contribution < 1.29 is 14.3 Å². The number of benzene rings is 1. The second-order valence-electron chi connectivity index (χ2n) is 6.96. The van der Waals surface area contributed by atoms with E-state index in [0.29, 0.717) is 12.5 Å². The summed E-state index contributed by atoms with van der Waals surface area (Å²) in [6.07, 6.45) is 4.89. The number of carbonyl (C=O) groups excluding carboxylic acids is 1. The molecule has 0 unspecified atom stereocenters. The predicted molar refractivity (Wildman–Crippen MR) is 107 cm³/mol. The molecule has 0 N–H and O–H groups in total. The van der Waals surface area contributed by atoms with Crippen molar-refractivity contribution in [1.82, 2.24) is 4.90 Å². The molecule has 1 saturated carbocycles. The van der Waals surface area contributed by atoms with E-state index in [9.17, 15) is 4.79 Å². The van der Waals surface area contributed by atoms with Crippen LogP contribution < -0.4 is 0 Å². The van der Waals surface area contributed by atoms with Gasteiger partial charge in [-0.3, -0.25) is 9.69 Å². The first-order valence-corrected chi connectivity index (χ1v) is 10.2. The van der Waals surface area contributed by atoms with Crippen LogP contribution in [0.15, 0.2) is 29.6 Å². The van der Waals surface area contributed by atoms with E-state index in [1.165, 1.54) is 16.5 Å². The topological polar surface area (TPSA) is 38.8 Å². The van der Waals surface area contributed by atoms with Crippen LogP contribution in [0.2, 0.25) is 0 Å². The summed E-state index contributed by atoms with van der Waals surface area (Å²) in [5.41, 5.74) is 1.09. The number of fused-ring (bicyclic) bond motifs is 1. The summed E-state index contributed by atoms with van der Waals surface area (Å²) in [5, 5.41) is 3.27. The highest BCUT2D eigenvalue weighted by molar-refractivity contribution is 7.17. The summed E-state index contributed by atoms with van der Waals surface area (Å²) in [6, 6.07) is 8.62. The molecule has 1 aliphatic carbocycles. The molecule has 1 aromatic heterocycles. The largest absolute Gasteiger partial charge is 0.460 e. The van der Waals surface area contributed by atoms with Crippen molar-refractivity contribution in [1.29, 1.82) is 0 Å². The molecule has 1 aliphatic heterocycles. The van der Waals surface area contributed by atoms with E-state index < -0.39 is 0 Å². The van der Waals surface area contributed by atoms with Crippen molar-refractivity contribution in [2.45, 2.75) is 44.2 Å². The molecule has 2 atom stereocenters. The quantitative estimate of drug-likeness (QED) is 0.732. The summed E-state index contributed by atoms with van der Waals surface area (Å²) < 4.78 is 12.7. The second kappa shape index (κ2) is 9.18. The number of carbonyl (C=O) groups is 1. The molecule has 2 heterocycles. The third kappa shape index (κ3) is 4.39. The lowest BCUT2D eigenvalue weighted by molar-refractivity contribution is -0.155. The van der Waals surface area contributed by atoms with Gasteiger partial charge in [0, 0.05) is 23.8 Å². The molecule has 1 saturated heterocycles. The van der Waals surface area contributed by atoms with Gasteiger partial charge in [0.25, 0.3) is 0 Å². The minimum Gasteiger partial charge on any atom is -0.460 e. The lowest BCUT2D eigenvalue weighted by Crippen LogP contribution is -2.51. The average Bonchev–Trinajstić information content (AvgIpc) is 3.06. The molecule has 0 amide bonds. The van der Waals surface area contributed by atoms with Gasteiger partial charge in [0.1, 0.15) is 6.10 Å². The molecule has 2 aliphatic rings. The standard InChI is InChI=1S/C20H25NO3S.ClH/c22-20(13-15-14-25-19-8-4-1-5-16(15)19)24-18-7-3-2-6-17(18)21-9-11-23-12-10-21;/h1,4-5,8,14,17-18H,2-3,6-7,9-13H2;1H/t17-,18-;/m1./s1. The Kier molecular flexibility index (Phi) is 6.92. The van der Waals surface area contributed by atoms with E-state index in [4.69, 9.17) is 9.47 Å². The third-order valence-electron chi connectivity index (χ3n) is 5.36. The number of halogens is 1. The number of ether oxygens (including phenoxy) is 2. The van der Waals surface area contributed by atoms with Gasteiger partial charge in [-0.2, -0.15) is 0 Å². The Balaban J connectivity index is 0.00000196. The molecular weight excluding hydrogens is 370 g/mol. The Morgan fingerprint density at radius 3 is 2.81 bits per heavy atom. The first kappa shape index (κ1) is 19.6. The molecule has 1 aromatic carbocycles. The van der Waals surface area contributed by atoms with Gasteiger partial charge in [-0.1, -0.05) is 24.6 Å². The Morgan fingerprint density at radius 1 is 1.19 bits per heavy atom. The number of rotatable bonds is 4. The van der Waals surface area contributed by atoms with Crippen LogP contribution in [0.5, 0.6) is 0 Å². The molecule has 142 valence electrons. The highest BCUT2D eigenvalue weighted by Crippen LogP contribution is 2.29. The molecular formula is C20H26ClNO3S. The zero-order valence-electron chi connectivity index (χ0n) is 14.9. The highest BCUT2D eigenvalue weighted by Gasteiger charge is 2.33. The monoisotopic (exact) mass is 395 g/mol. The number of nitrogens with zero attached hydrogens (tertiary/aromatic N) is 1. The van der Waals surface area contributed by atoms with Crippen molar-refractivity contribution >= 4 is 39.8 Å². The predicted octanol–water partition coefficient (Wildman–Crippen LogP) is 4.05. The number of hydrogen-bond donors (Lipinski definition) is 0. The van der Waals surface area contributed by atoms with Gasteiger partial charge >= 0.3 is 5.97 Å². The maximum atomic E-state index is 12.6. The molecule has 0 radical (unpaired) electrons. The Labute approximate surface area is 164 Å². The summed E-state index contributed by atoms with van der Waals surface area (Å²) in [4.78, 5) is 15.0. The second-order valence-corrected chi connectivity index (χ2v) is 7.87. The van der Waals surface area contributed by atoms with E-state index in [2.05, 4.69) is 22.4 Å². The molecule has 4 nitrogen and oxygen atoms in total. The van der Waals surface area contributed by atoms with Crippen molar-refractivity contribution in [3.63, 3.8) is 0 Å². The number of hydrogen-bond acceptors (Lipinski definition) is 5. The summed E-state index contributed by atoms with van der Waals surface area (Å²) >= 11 is 1.70. The van der Waals surface area contributed by atoms with E-state index in [1.807, 2.05) is 12.1 Å². The van der Waals surface area contributed by atoms with Crippen LogP contribution in [0.1, 0.15) is 31.2 Å². The van der Waals surface area contributed by atoms with E-state index in [0.717, 1.165) is 51.1 Å². The average molecular weight is 396 g/mol. The fraction of sp³-hybridized carbons (Fsp3) is 0.550. The molecule has 0 spiro atoms. The van der Waals surface area contributed by atoms with E-state index in [-0.39, 0.29) is 24.5 Å². The molecule has 26 heavy (non-hydrogen) atoms. The SMILES string of the molecule is Cl.O=C(Cc1csc2ccccc12)O[C@@H]1CCCC[C@H]1N1CCOCC1. The first-order valence-electron chi connectivity index (χ1n) is 9.27. The van der Waals surface area contributed by atoms with Gasteiger partial charge < -0.3 is 9.47 Å². The van der Waals surface area contributed by atoms with Gasteiger partial charge in [0.05, 0.1) is 19.6 Å². The van der Waals surface area contributed by atoms with E-state index >= 15 is 0 Å². The van der Waals surface area contributed by atoms with Crippen LogP contribution in [-0.2, 0) is 20.7 Å². The van der Waals surface area contributed by atoms with Crippen LogP contribution in [-0.4, -0.2) is 49.3 Å². The lowest BCUT2D eigenvalue weighted by atomic mass is 9.91. The van der Waals surface area contributed by atoms with Gasteiger partial charge in [0.2, 0.25) is 0 Å². The molecule has 2 fully saturated rings. The number of morpholine rings is 1. The molecule has 4 rings (SSSR count). The van der Waals surface area contributed by atoms with Crippen molar-refractivity contribution in [2.24, 2.45) is 0 Å². The van der Waals surface area contributed by atoms with Gasteiger partial charge in [-0.25, -0.2) is 0 Å². The highest BCUT2D eigenvalue weighted by atomic mass is 35.5. The maximum absolute atomic E-state index is 12.6. The van der Waals surface area contributed by atoms with Crippen LogP contribution in [0.4, 0.5) is 0 Å². The lowest BCUT2D eigenvalue weighted by Gasteiger charge is -2.41. The van der Waals surface area contributed by atoms with Crippen molar-refractivity contribution in [2.75, 3.05) is 26.3 Å². The third-order valence-corrected chi connectivity index (χ3v) is 6.37. The van der Waals surface area contributed by atoms with Crippen LogP contribution >= 0.6 is 23.7 Å². The zero-order chi connectivity index (χ0) is 17.1.